The average Bonchev–Trinajstić information content (AvgIpc) is 3.62. The number of nitrogens with two attached hydrogens (primary N) is 2. The number of halogens is 1. The summed E-state index contributed by atoms with van der Waals surface area (Å²) in [6, 6.07) is 8.74. The van der Waals surface area contributed by atoms with Crippen molar-refractivity contribution >= 4 is 60.1 Å². The number of hydrogen-bond donors (Lipinski definition) is 9. The highest BCUT2D eigenvalue weighted by atomic mass is 35.5. The second-order valence-electron chi connectivity index (χ2n) is 18.3. The molecular formula is C45H64BClN8O10. The molecule has 4 fully saturated rings. The van der Waals surface area contributed by atoms with Crippen LogP contribution >= 0.6 is 11.6 Å². The quantitative estimate of drug-likeness (QED) is 0.0599. The van der Waals surface area contributed by atoms with Crippen LogP contribution in [0.1, 0.15) is 96.8 Å². The van der Waals surface area contributed by atoms with Crippen LogP contribution in [0.25, 0.3) is 11.1 Å². The van der Waals surface area contributed by atoms with Crippen molar-refractivity contribution in [1.82, 2.24) is 31.9 Å². The molecule has 2 bridgehead atoms. The Morgan fingerprint density at radius 2 is 1.45 bits per heavy atom. The maximum absolute atomic E-state index is 13.6. The largest absolute Gasteiger partial charge is 0.481 e. The summed E-state index contributed by atoms with van der Waals surface area (Å²) in [6.07, 6.45) is 0.715. The number of carbonyl (C=O) groups excluding carboxylic acids is 7. The van der Waals surface area contributed by atoms with Crippen molar-refractivity contribution in [3.63, 3.8) is 0 Å². The second-order valence-corrected chi connectivity index (χ2v) is 18.8. The molecule has 0 aromatic heterocycles. The predicted molar refractivity (Wildman–Crippen MR) is 243 cm³/mol. The molecule has 1 heterocycles. The van der Waals surface area contributed by atoms with Crippen molar-refractivity contribution in [2.24, 2.45) is 28.7 Å². The van der Waals surface area contributed by atoms with E-state index in [-0.39, 0.29) is 30.9 Å². The first-order chi connectivity index (χ1) is 30.6. The monoisotopic (exact) mass is 922 g/mol. The Bertz CT molecular complexity index is 2060. The van der Waals surface area contributed by atoms with Gasteiger partial charge >= 0.3 is 7.12 Å². The van der Waals surface area contributed by atoms with Crippen LogP contribution in [0.5, 0.6) is 0 Å². The van der Waals surface area contributed by atoms with Gasteiger partial charge in [0.2, 0.25) is 35.4 Å². The maximum Gasteiger partial charge on any atom is 0.481 e. The summed E-state index contributed by atoms with van der Waals surface area (Å²) in [7, 11) is -0.766. The van der Waals surface area contributed by atoms with Gasteiger partial charge in [-0.2, -0.15) is 0 Å². The molecule has 1 aliphatic heterocycles. The summed E-state index contributed by atoms with van der Waals surface area (Å²) in [5.74, 6) is -4.96. The molecule has 1 saturated heterocycles. The highest BCUT2D eigenvalue weighted by molar-refractivity contribution is 6.47. The maximum atomic E-state index is 13.6. The molecule has 0 radical (unpaired) electrons. The zero-order chi connectivity index (χ0) is 47.8. The molecule has 20 heteroatoms. The number of amides is 7. The SMILES string of the molecule is CC(O)[C@H](NC(=O)[C@H](CCCCN)NC(=O)CCNC(=O)c1ccc(-c2ccc(Cl)cc2)cc1)C(=O)N[C@@H](C)C(=O)N[C@@H](CC(N)=O)C(=O)N[C@@H](C)B1OC2C[C@@H]3C[C@@H](C3(C)C)[C@]2(C)O1. The minimum atomic E-state index is -1.57. The number of hydrogen-bond acceptors (Lipinski definition) is 11. The predicted octanol–water partition coefficient (Wildman–Crippen LogP) is 1.24. The second kappa shape index (κ2) is 21.9. The van der Waals surface area contributed by atoms with E-state index < -0.39 is 96.7 Å². The fourth-order valence-electron chi connectivity index (χ4n) is 9.12. The van der Waals surface area contributed by atoms with Crippen LogP contribution < -0.4 is 43.4 Å². The van der Waals surface area contributed by atoms with Crippen LogP contribution in [0.2, 0.25) is 5.02 Å². The van der Waals surface area contributed by atoms with Gasteiger partial charge in [-0.3, -0.25) is 33.6 Å². The normalized spacial score (nSPS) is 23.2. The first-order valence-electron chi connectivity index (χ1n) is 22.3. The highest BCUT2D eigenvalue weighted by Gasteiger charge is 2.68. The Labute approximate surface area is 385 Å². The standard InChI is InChI=1S/C45H64BClN8O10/c1-24(39(59)54-33(23-36(49)57)42(62)52-26(3)46-64-35-22-30-21-34(44(30,4)5)45(35,6)65-46)51-43(63)38(25(2)56)55-41(61)32(9-7-8-19-48)53-37(58)18-20-50-40(60)29-12-10-27(11-13-29)28-14-16-31(47)17-15-28/h10-17,24-26,30,32-35,38,56H,7-9,18-23,48H2,1-6H3,(H2,49,57)(H,50,60)(H,51,63)(H,52,62)(H,53,58)(H,54,59)(H,55,61)/t24-,25?,26-,30-,32-,33-,34-,35?,38-,45-/m0/s1. The first kappa shape index (κ1) is 50.9. The first-order valence-corrected chi connectivity index (χ1v) is 22.7. The van der Waals surface area contributed by atoms with Gasteiger partial charge in [-0.1, -0.05) is 49.7 Å². The van der Waals surface area contributed by atoms with Crippen molar-refractivity contribution < 1.29 is 48.0 Å². The fraction of sp³-hybridized carbons (Fsp3) is 0.578. The van der Waals surface area contributed by atoms with E-state index in [0.29, 0.717) is 41.8 Å². The molecular weight excluding hydrogens is 859 g/mol. The molecule has 354 valence electrons. The lowest BCUT2D eigenvalue weighted by atomic mass is 9.43. The van der Waals surface area contributed by atoms with Gasteiger partial charge in [0.05, 0.1) is 30.2 Å². The molecule has 18 nitrogen and oxygen atoms in total. The molecule has 4 aliphatic rings. The molecule has 7 amide bonds. The van der Waals surface area contributed by atoms with E-state index in [0.717, 1.165) is 24.0 Å². The van der Waals surface area contributed by atoms with E-state index in [9.17, 15) is 38.7 Å². The summed E-state index contributed by atoms with van der Waals surface area (Å²) in [6.45, 7) is 11.1. The van der Waals surface area contributed by atoms with Crippen LogP contribution in [0, 0.1) is 17.3 Å². The van der Waals surface area contributed by atoms with Gasteiger partial charge in [0.25, 0.3) is 5.91 Å². The third kappa shape index (κ3) is 12.6. The molecule has 3 aliphatic carbocycles. The summed E-state index contributed by atoms with van der Waals surface area (Å²) in [4.78, 5) is 91.7. The zero-order valence-corrected chi connectivity index (χ0v) is 38.7. The van der Waals surface area contributed by atoms with E-state index in [2.05, 4.69) is 45.7 Å². The smallest absolute Gasteiger partial charge is 0.404 e. The number of aliphatic hydroxyl groups excluding tert-OH is 1. The third-order valence-corrected chi connectivity index (χ3v) is 13.4. The third-order valence-electron chi connectivity index (χ3n) is 13.2. The highest BCUT2D eigenvalue weighted by Crippen LogP contribution is 2.65. The van der Waals surface area contributed by atoms with E-state index in [1.807, 2.05) is 19.1 Å². The Morgan fingerprint density at radius 3 is 2.05 bits per heavy atom. The van der Waals surface area contributed by atoms with Crippen molar-refractivity contribution in [1.29, 1.82) is 0 Å². The van der Waals surface area contributed by atoms with Crippen LogP contribution in [0.15, 0.2) is 48.5 Å². The lowest BCUT2D eigenvalue weighted by Gasteiger charge is -2.64. The Hall–Kier alpha value is -5.08. The topological polar surface area (TPSA) is 282 Å². The van der Waals surface area contributed by atoms with Crippen LogP contribution in [0.3, 0.4) is 0 Å². The Balaban J connectivity index is 1.11. The molecule has 6 rings (SSSR count). The number of carbonyl (C=O) groups is 7. The van der Waals surface area contributed by atoms with Crippen molar-refractivity contribution in [3.8, 4) is 11.1 Å². The number of primary amides is 1. The number of rotatable bonds is 22. The van der Waals surface area contributed by atoms with Crippen molar-refractivity contribution in [3.05, 3.63) is 59.1 Å². The van der Waals surface area contributed by atoms with Gasteiger partial charge in [0.15, 0.2) is 0 Å². The van der Waals surface area contributed by atoms with Crippen LogP contribution in [-0.2, 0) is 38.1 Å². The Morgan fingerprint density at radius 1 is 0.815 bits per heavy atom. The number of benzene rings is 2. The zero-order valence-electron chi connectivity index (χ0n) is 37.9. The van der Waals surface area contributed by atoms with Crippen LogP contribution in [0.4, 0.5) is 0 Å². The van der Waals surface area contributed by atoms with Crippen molar-refractivity contribution in [2.75, 3.05) is 13.1 Å². The minimum absolute atomic E-state index is 0.0387. The molecule has 65 heavy (non-hydrogen) atoms. The number of aliphatic hydroxyl groups is 1. The molecule has 10 atom stereocenters. The van der Waals surface area contributed by atoms with Gasteiger partial charge in [-0.15, -0.1) is 0 Å². The van der Waals surface area contributed by atoms with Gasteiger partial charge in [-0.05, 0) is 119 Å². The van der Waals surface area contributed by atoms with Crippen LogP contribution in [-0.4, -0.2) is 115 Å². The van der Waals surface area contributed by atoms with Gasteiger partial charge in [-0.25, -0.2) is 0 Å². The molecule has 11 N–H and O–H groups in total. The van der Waals surface area contributed by atoms with E-state index in [1.54, 1.807) is 43.3 Å². The van der Waals surface area contributed by atoms with E-state index >= 15 is 0 Å². The summed E-state index contributed by atoms with van der Waals surface area (Å²) in [5, 5.41) is 26.7. The van der Waals surface area contributed by atoms with E-state index in [4.69, 9.17) is 32.4 Å². The average molecular weight is 923 g/mol. The molecule has 2 unspecified atom stereocenters. The van der Waals surface area contributed by atoms with Gasteiger partial charge in [0, 0.05) is 23.6 Å². The van der Waals surface area contributed by atoms with Gasteiger partial charge in [0.1, 0.15) is 24.2 Å². The summed E-state index contributed by atoms with van der Waals surface area (Å²) >= 11 is 5.98. The van der Waals surface area contributed by atoms with Crippen molar-refractivity contribution in [2.45, 2.75) is 134 Å². The summed E-state index contributed by atoms with van der Waals surface area (Å²) < 4.78 is 12.7. The molecule has 3 saturated carbocycles. The number of unbranched alkanes of at least 4 members (excludes halogenated alkanes) is 1. The molecule has 2 aromatic carbocycles. The number of nitrogens with one attached hydrogen (secondary N) is 6. The summed E-state index contributed by atoms with van der Waals surface area (Å²) in [5.41, 5.74) is 12.9. The lowest BCUT2D eigenvalue weighted by molar-refractivity contribution is -0.199. The minimum Gasteiger partial charge on any atom is -0.404 e. The van der Waals surface area contributed by atoms with E-state index in [1.165, 1.54) is 13.8 Å². The molecule has 2 aromatic rings. The van der Waals surface area contributed by atoms with Gasteiger partial charge < -0.3 is 57.8 Å². The fourth-order valence-corrected chi connectivity index (χ4v) is 9.24. The lowest BCUT2D eigenvalue weighted by Crippen LogP contribution is -2.65. The Kier molecular flexibility index (Phi) is 17.2. The molecule has 0 spiro atoms.